The van der Waals surface area contributed by atoms with Crippen LogP contribution in [-0.2, 0) is 6.42 Å². The number of benzene rings is 1. The van der Waals surface area contributed by atoms with E-state index in [1.807, 2.05) is 18.3 Å². The lowest BCUT2D eigenvalue weighted by molar-refractivity contribution is 0.689. The number of nitrogens with zero attached hydrogens (tertiary/aromatic N) is 1. The summed E-state index contributed by atoms with van der Waals surface area (Å²) in [6.45, 7) is 0.620. The normalized spacial score (nSPS) is 12.4. The third-order valence-electron chi connectivity index (χ3n) is 2.87. The Morgan fingerprint density at radius 3 is 2.61 bits per heavy atom. The van der Waals surface area contributed by atoms with E-state index in [9.17, 15) is 0 Å². The molecule has 2 nitrogen and oxygen atoms in total. The second-order valence-corrected chi connectivity index (χ2v) is 5.94. The maximum atomic E-state index is 5.91. The van der Waals surface area contributed by atoms with Gasteiger partial charge in [0.2, 0.25) is 0 Å². The monoisotopic (exact) mass is 368 g/mol. The summed E-state index contributed by atoms with van der Waals surface area (Å²) < 4.78 is 2.12. The molecule has 2 rings (SSSR count). The van der Waals surface area contributed by atoms with Gasteiger partial charge in [0.05, 0.1) is 0 Å². The summed E-state index contributed by atoms with van der Waals surface area (Å²) >= 11 is 7.03. The number of pyridine rings is 1. The number of halogens is 2. The second-order valence-electron chi connectivity index (χ2n) is 4.17. The van der Waals surface area contributed by atoms with Crippen molar-refractivity contribution in [1.29, 1.82) is 0 Å². The maximum absolute atomic E-state index is 5.91. The van der Waals surface area contributed by atoms with E-state index in [-0.39, 0.29) is 0 Å². The second kappa shape index (κ2) is 6.45. The van der Waals surface area contributed by atoms with Crippen LogP contribution in [0.15, 0.2) is 51.7 Å². The van der Waals surface area contributed by atoms with Crippen molar-refractivity contribution >= 4 is 31.9 Å². The van der Waals surface area contributed by atoms with Crippen molar-refractivity contribution in [2.24, 2.45) is 5.73 Å². The van der Waals surface area contributed by atoms with E-state index in [1.54, 1.807) is 6.20 Å². The summed E-state index contributed by atoms with van der Waals surface area (Å²) in [7, 11) is 0. The molecule has 0 saturated carbocycles. The number of aromatic nitrogens is 1. The molecule has 1 heterocycles. The molecule has 4 heteroatoms. The van der Waals surface area contributed by atoms with Gasteiger partial charge in [-0.25, -0.2) is 0 Å². The maximum Gasteiger partial charge on any atom is 0.0410 e. The van der Waals surface area contributed by atoms with Crippen LogP contribution in [0.4, 0.5) is 0 Å². The molecule has 18 heavy (non-hydrogen) atoms. The Hall–Kier alpha value is -0.710. The van der Waals surface area contributed by atoms with Gasteiger partial charge >= 0.3 is 0 Å². The standard InChI is InChI=1S/C14H14Br2N2/c15-12-6-10(8-18-9-12)5-11(7-17)13-3-1-2-4-14(13)16/h1-4,6,8-9,11H,5,7,17H2. The minimum atomic E-state index is 0.302. The fourth-order valence-electron chi connectivity index (χ4n) is 1.98. The molecular weight excluding hydrogens is 356 g/mol. The van der Waals surface area contributed by atoms with Crippen LogP contribution in [0.3, 0.4) is 0 Å². The predicted octanol–water partition coefficient (Wildman–Crippen LogP) is 3.89. The zero-order valence-corrected chi connectivity index (χ0v) is 13.0. The van der Waals surface area contributed by atoms with Crippen LogP contribution in [-0.4, -0.2) is 11.5 Å². The molecule has 0 saturated heterocycles. The van der Waals surface area contributed by atoms with Crippen molar-refractivity contribution in [2.75, 3.05) is 6.54 Å². The molecule has 0 radical (unpaired) electrons. The first-order chi connectivity index (χ1) is 8.70. The van der Waals surface area contributed by atoms with Gasteiger partial charge in [-0.1, -0.05) is 34.1 Å². The van der Waals surface area contributed by atoms with Crippen molar-refractivity contribution in [3.05, 3.63) is 62.8 Å². The van der Waals surface area contributed by atoms with Gasteiger partial charge < -0.3 is 5.73 Å². The highest BCUT2D eigenvalue weighted by Crippen LogP contribution is 2.27. The molecule has 2 aromatic rings. The first-order valence-electron chi connectivity index (χ1n) is 5.74. The molecule has 0 amide bonds. The van der Waals surface area contributed by atoms with Crippen LogP contribution in [0.25, 0.3) is 0 Å². The summed E-state index contributed by atoms with van der Waals surface area (Å²) in [4.78, 5) is 4.19. The van der Waals surface area contributed by atoms with Gasteiger partial charge in [0.25, 0.3) is 0 Å². The lowest BCUT2D eigenvalue weighted by Gasteiger charge is -2.16. The van der Waals surface area contributed by atoms with E-state index >= 15 is 0 Å². The SMILES string of the molecule is NCC(Cc1cncc(Br)c1)c1ccccc1Br. The Morgan fingerprint density at radius 1 is 1.17 bits per heavy atom. The number of hydrogen-bond acceptors (Lipinski definition) is 2. The van der Waals surface area contributed by atoms with Crippen molar-refractivity contribution < 1.29 is 0 Å². The van der Waals surface area contributed by atoms with Gasteiger partial charge in [0.15, 0.2) is 0 Å². The van der Waals surface area contributed by atoms with Crippen LogP contribution in [0.2, 0.25) is 0 Å². The first-order valence-corrected chi connectivity index (χ1v) is 7.33. The minimum absolute atomic E-state index is 0.302. The quantitative estimate of drug-likeness (QED) is 0.887. The molecule has 94 valence electrons. The molecule has 0 bridgehead atoms. The highest BCUT2D eigenvalue weighted by atomic mass is 79.9. The van der Waals surface area contributed by atoms with Gasteiger partial charge in [-0.2, -0.15) is 0 Å². The van der Waals surface area contributed by atoms with Gasteiger partial charge in [-0.3, -0.25) is 4.98 Å². The Kier molecular flexibility index (Phi) is 4.92. The molecule has 0 aliphatic carbocycles. The van der Waals surface area contributed by atoms with E-state index in [0.717, 1.165) is 15.4 Å². The fourth-order valence-corrected chi connectivity index (χ4v) is 3.00. The van der Waals surface area contributed by atoms with Crippen LogP contribution in [0.5, 0.6) is 0 Å². The van der Waals surface area contributed by atoms with Gasteiger partial charge in [-0.15, -0.1) is 0 Å². The minimum Gasteiger partial charge on any atom is -0.330 e. The van der Waals surface area contributed by atoms with Crippen LogP contribution >= 0.6 is 31.9 Å². The van der Waals surface area contributed by atoms with Crippen molar-refractivity contribution in [3.63, 3.8) is 0 Å². The molecule has 1 aromatic heterocycles. The fraction of sp³-hybridized carbons (Fsp3) is 0.214. The van der Waals surface area contributed by atoms with E-state index in [2.05, 4.69) is 55.0 Å². The molecule has 1 aromatic carbocycles. The third-order valence-corrected chi connectivity index (χ3v) is 4.03. The number of rotatable bonds is 4. The molecule has 0 fully saturated rings. The molecule has 0 aliphatic rings. The van der Waals surface area contributed by atoms with E-state index < -0.39 is 0 Å². The average Bonchev–Trinajstić information content (AvgIpc) is 2.37. The molecule has 2 N–H and O–H groups in total. The van der Waals surface area contributed by atoms with E-state index in [0.29, 0.717) is 12.5 Å². The third kappa shape index (κ3) is 3.40. The number of hydrogen-bond donors (Lipinski definition) is 1. The summed E-state index contributed by atoms with van der Waals surface area (Å²) in [5.74, 6) is 0.302. The van der Waals surface area contributed by atoms with Crippen LogP contribution < -0.4 is 5.73 Å². The Labute approximate surface area is 124 Å². The summed E-state index contributed by atoms with van der Waals surface area (Å²) in [5.41, 5.74) is 8.35. The smallest absolute Gasteiger partial charge is 0.0410 e. The van der Waals surface area contributed by atoms with Crippen LogP contribution in [0, 0.1) is 0 Å². The summed E-state index contributed by atoms with van der Waals surface area (Å²) in [6, 6.07) is 10.3. The average molecular weight is 370 g/mol. The highest BCUT2D eigenvalue weighted by molar-refractivity contribution is 9.10. The van der Waals surface area contributed by atoms with E-state index in [4.69, 9.17) is 5.73 Å². The predicted molar refractivity (Wildman–Crippen MR) is 81.6 cm³/mol. The lowest BCUT2D eigenvalue weighted by atomic mass is 9.93. The Bertz CT molecular complexity index is 529. The zero-order valence-electron chi connectivity index (χ0n) is 9.81. The van der Waals surface area contributed by atoms with E-state index in [1.165, 1.54) is 11.1 Å². The molecule has 1 unspecified atom stereocenters. The summed E-state index contributed by atoms with van der Waals surface area (Å²) in [6.07, 6.45) is 4.58. The first kappa shape index (κ1) is 13.7. The van der Waals surface area contributed by atoms with Crippen molar-refractivity contribution in [1.82, 2.24) is 4.98 Å². The number of nitrogens with two attached hydrogens (primary N) is 1. The van der Waals surface area contributed by atoms with Gasteiger partial charge in [0, 0.05) is 27.3 Å². The molecule has 1 atom stereocenters. The van der Waals surface area contributed by atoms with Crippen molar-refractivity contribution in [2.45, 2.75) is 12.3 Å². The Balaban J connectivity index is 2.23. The lowest BCUT2D eigenvalue weighted by Crippen LogP contribution is -2.15. The Morgan fingerprint density at radius 2 is 1.94 bits per heavy atom. The van der Waals surface area contributed by atoms with Crippen LogP contribution in [0.1, 0.15) is 17.0 Å². The largest absolute Gasteiger partial charge is 0.330 e. The summed E-state index contributed by atoms with van der Waals surface area (Å²) in [5, 5.41) is 0. The molecule has 0 spiro atoms. The van der Waals surface area contributed by atoms with Gasteiger partial charge in [-0.05, 0) is 52.2 Å². The topological polar surface area (TPSA) is 38.9 Å². The molecular formula is C14H14Br2N2. The molecule has 0 aliphatic heterocycles. The zero-order chi connectivity index (χ0) is 13.0. The highest BCUT2D eigenvalue weighted by Gasteiger charge is 2.13. The van der Waals surface area contributed by atoms with Crippen molar-refractivity contribution in [3.8, 4) is 0 Å². The van der Waals surface area contributed by atoms with Gasteiger partial charge in [0.1, 0.15) is 0 Å².